The second-order valence-corrected chi connectivity index (χ2v) is 8.38. The lowest BCUT2D eigenvalue weighted by molar-refractivity contribution is -0.146. The zero-order valence-corrected chi connectivity index (χ0v) is 15.2. The maximum absolute atomic E-state index is 13.0. The summed E-state index contributed by atoms with van der Waals surface area (Å²) in [5.74, 6) is -1.15. The van der Waals surface area contributed by atoms with Gasteiger partial charge >= 0.3 is 5.97 Å². The Labute approximate surface area is 148 Å². The van der Waals surface area contributed by atoms with E-state index < -0.39 is 22.2 Å². The summed E-state index contributed by atoms with van der Waals surface area (Å²) in [6, 6.07) is 16.0. The van der Waals surface area contributed by atoms with Crippen LogP contribution in [0.2, 0.25) is 0 Å². The van der Waals surface area contributed by atoms with Crippen molar-refractivity contribution in [1.29, 1.82) is 0 Å². The average Bonchev–Trinajstić information content (AvgIpc) is 2.90. The van der Waals surface area contributed by atoms with Crippen LogP contribution in [0.1, 0.15) is 24.0 Å². The van der Waals surface area contributed by atoms with Gasteiger partial charge in [-0.15, -0.1) is 0 Å². The molecule has 0 N–H and O–H groups in total. The van der Waals surface area contributed by atoms with Gasteiger partial charge in [0.25, 0.3) is 0 Å². The van der Waals surface area contributed by atoms with Gasteiger partial charge < -0.3 is 4.74 Å². The fraction of sp³-hybridized carbons (Fsp3) is 0.316. The van der Waals surface area contributed by atoms with E-state index in [1.807, 2.05) is 37.3 Å². The van der Waals surface area contributed by atoms with Gasteiger partial charge in [0.2, 0.25) is 10.0 Å². The summed E-state index contributed by atoms with van der Waals surface area (Å²) in [7, 11) is -2.31. The molecule has 0 bridgehead atoms. The number of nitrogens with zero attached hydrogens (tertiary/aromatic N) is 1. The van der Waals surface area contributed by atoms with Crippen LogP contribution < -0.4 is 0 Å². The van der Waals surface area contributed by atoms with E-state index >= 15 is 0 Å². The normalized spacial score (nSPS) is 23.7. The largest absolute Gasteiger partial charge is 0.444 e. The molecule has 0 aromatic heterocycles. The summed E-state index contributed by atoms with van der Waals surface area (Å²) in [5, 5.41) is 0. The number of benzene rings is 2. The van der Waals surface area contributed by atoms with Crippen LogP contribution in [0.25, 0.3) is 0 Å². The molecular weight excluding hydrogens is 338 g/mol. The molecule has 0 saturated carbocycles. The van der Waals surface area contributed by atoms with Crippen LogP contribution in [0.3, 0.4) is 0 Å². The van der Waals surface area contributed by atoms with Gasteiger partial charge in [0, 0.05) is 13.0 Å². The Morgan fingerprint density at radius 1 is 1.00 bits per heavy atom. The molecule has 25 heavy (non-hydrogen) atoms. The average molecular weight is 359 g/mol. The molecule has 2 aromatic rings. The number of aryl methyl sites for hydroxylation is 1. The summed E-state index contributed by atoms with van der Waals surface area (Å²) < 4.78 is 32.5. The van der Waals surface area contributed by atoms with Gasteiger partial charge in [0.05, 0.1) is 10.8 Å². The first-order valence-corrected chi connectivity index (χ1v) is 9.56. The van der Waals surface area contributed by atoms with Crippen molar-refractivity contribution in [2.45, 2.75) is 30.9 Å². The maximum Gasteiger partial charge on any atom is 0.311 e. The van der Waals surface area contributed by atoms with Crippen molar-refractivity contribution in [2.24, 2.45) is 5.92 Å². The first kappa shape index (κ1) is 17.6. The summed E-state index contributed by atoms with van der Waals surface area (Å²) in [6.45, 7) is 3.66. The number of likely N-dealkylation sites (N-methyl/N-ethyl adjacent to an activating group) is 1. The molecule has 2 aromatic carbocycles. The van der Waals surface area contributed by atoms with Gasteiger partial charge in [0.1, 0.15) is 0 Å². The van der Waals surface area contributed by atoms with E-state index in [9.17, 15) is 13.2 Å². The Balaban J connectivity index is 1.98. The Bertz CT molecular complexity index is 862. The molecule has 0 radical (unpaired) electrons. The lowest BCUT2D eigenvalue weighted by Gasteiger charge is -2.28. The van der Waals surface area contributed by atoms with Gasteiger partial charge in [-0.2, -0.15) is 4.31 Å². The van der Waals surface area contributed by atoms with Crippen molar-refractivity contribution in [3.63, 3.8) is 0 Å². The molecule has 1 saturated heterocycles. The van der Waals surface area contributed by atoms with Gasteiger partial charge in [0.15, 0.2) is 6.23 Å². The number of rotatable bonds is 4. The third-order valence-corrected chi connectivity index (χ3v) is 6.53. The van der Waals surface area contributed by atoms with Crippen LogP contribution in [-0.4, -0.2) is 32.0 Å². The molecule has 0 amide bonds. The van der Waals surface area contributed by atoms with E-state index in [-0.39, 0.29) is 16.8 Å². The second kappa shape index (κ2) is 6.61. The molecule has 3 rings (SSSR count). The van der Waals surface area contributed by atoms with Gasteiger partial charge in [-0.05, 0) is 24.6 Å². The van der Waals surface area contributed by atoms with Crippen molar-refractivity contribution < 1.29 is 17.9 Å². The van der Waals surface area contributed by atoms with E-state index in [1.165, 1.54) is 7.05 Å². The van der Waals surface area contributed by atoms with Crippen molar-refractivity contribution >= 4 is 16.0 Å². The highest BCUT2D eigenvalue weighted by Crippen LogP contribution is 2.39. The number of sulfonamides is 1. The quantitative estimate of drug-likeness (QED) is 0.788. The Hall–Kier alpha value is -2.18. The third-order valence-electron chi connectivity index (χ3n) is 4.70. The van der Waals surface area contributed by atoms with Crippen LogP contribution in [0.4, 0.5) is 0 Å². The summed E-state index contributed by atoms with van der Waals surface area (Å²) in [5.41, 5.74) is 1.86. The highest BCUT2D eigenvalue weighted by Gasteiger charge is 2.47. The smallest absolute Gasteiger partial charge is 0.311 e. The van der Waals surface area contributed by atoms with E-state index in [0.29, 0.717) is 0 Å². The molecular formula is C19H21NO4S. The molecule has 5 nitrogen and oxygen atoms in total. The molecule has 6 heteroatoms. The second-order valence-electron chi connectivity index (χ2n) is 6.39. The molecule has 0 aliphatic carbocycles. The number of ether oxygens (including phenoxy) is 1. The van der Waals surface area contributed by atoms with E-state index in [1.54, 1.807) is 31.2 Å². The first-order chi connectivity index (χ1) is 11.8. The number of hydrogen-bond acceptors (Lipinski definition) is 4. The number of hydrogen-bond donors (Lipinski definition) is 0. The van der Waals surface area contributed by atoms with E-state index in [0.717, 1.165) is 15.4 Å². The molecule has 1 heterocycles. The fourth-order valence-electron chi connectivity index (χ4n) is 3.14. The maximum atomic E-state index is 13.0. The number of carbonyl (C=O) groups is 1. The zero-order valence-electron chi connectivity index (χ0n) is 14.4. The molecule has 1 fully saturated rings. The minimum Gasteiger partial charge on any atom is -0.444 e. The highest BCUT2D eigenvalue weighted by molar-refractivity contribution is 7.89. The van der Waals surface area contributed by atoms with E-state index in [4.69, 9.17) is 4.74 Å². The van der Waals surface area contributed by atoms with E-state index in [2.05, 4.69) is 0 Å². The molecule has 1 aliphatic rings. The Morgan fingerprint density at radius 3 is 2.20 bits per heavy atom. The van der Waals surface area contributed by atoms with Crippen LogP contribution >= 0.6 is 0 Å². The summed E-state index contributed by atoms with van der Waals surface area (Å²) >= 11 is 0. The number of carbonyl (C=O) groups excluding carboxylic acids is 1. The van der Waals surface area contributed by atoms with Crippen molar-refractivity contribution in [1.82, 2.24) is 4.31 Å². The number of esters is 1. The summed E-state index contributed by atoms with van der Waals surface area (Å²) in [6.07, 6.45) is -0.865. The van der Waals surface area contributed by atoms with Crippen molar-refractivity contribution in [3.8, 4) is 0 Å². The third kappa shape index (κ3) is 3.19. The molecule has 0 spiro atoms. The molecule has 3 atom stereocenters. The number of cyclic esters (lactones) is 1. The fourth-order valence-corrected chi connectivity index (χ4v) is 4.40. The minimum atomic E-state index is -3.77. The van der Waals surface area contributed by atoms with Crippen molar-refractivity contribution in [2.75, 3.05) is 7.05 Å². The van der Waals surface area contributed by atoms with Crippen LogP contribution in [0, 0.1) is 12.8 Å². The van der Waals surface area contributed by atoms with Gasteiger partial charge in [-0.1, -0.05) is 55.0 Å². The van der Waals surface area contributed by atoms with Gasteiger partial charge in [-0.25, -0.2) is 8.42 Å². The zero-order chi connectivity index (χ0) is 18.2. The monoisotopic (exact) mass is 359 g/mol. The first-order valence-electron chi connectivity index (χ1n) is 8.12. The van der Waals surface area contributed by atoms with Crippen LogP contribution in [0.5, 0.6) is 0 Å². The lowest BCUT2D eigenvalue weighted by Crippen LogP contribution is -2.40. The standard InChI is InChI=1S/C19H21NO4S/c1-13-9-11-16(12-10-13)25(22,23)20(3)18-17(14(2)19(21)24-18)15-7-5-4-6-8-15/h4-12,14,17-18H,1-3H3/t14-,17+,18-/m1/s1. The van der Waals surface area contributed by atoms with Crippen LogP contribution in [-0.2, 0) is 19.6 Å². The molecule has 1 aliphatic heterocycles. The van der Waals surface area contributed by atoms with Crippen molar-refractivity contribution in [3.05, 3.63) is 65.7 Å². The molecule has 0 unspecified atom stereocenters. The highest BCUT2D eigenvalue weighted by atomic mass is 32.2. The van der Waals surface area contributed by atoms with Crippen LogP contribution in [0.15, 0.2) is 59.5 Å². The predicted molar refractivity (Wildman–Crippen MR) is 94.4 cm³/mol. The Kier molecular flexibility index (Phi) is 4.67. The SMILES string of the molecule is Cc1ccc(S(=O)(=O)N(C)[C@@H]2OC(=O)[C@H](C)[C@H]2c2ccccc2)cc1. The molecule has 132 valence electrons. The van der Waals surface area contributed by atoms with Gasteiger partial charge in [-0.3, -0.25) is 4.79 Å². The Morgan fingerprint density at radius 2 is 1.60 bits per heavy atom. The lowest BCUT2D eigenvalue weighted by atomic mass is 9.88. The topological polar surface area (TPSA) is 63.7 Å². The minimum absolute atomic E-state index is 0.183. The summed E-state index contributed by atoms with van der Waals surface area (Å²) in [4.78, 5) is 12.3. The predicted octanol–water partition coefficient (Wildman–Crippen LogP) is 2.92.